The van der Waals surface area contributed by atoms with Crippen molar-refractivity contribution < 1.29 is 9.18 Å². The van der Waals surface area contributed by atoms with Crippen LogP contribution in [0.1, 0.15) is 46.2 Å². The molecule has 0 saturated carbocycles. The summed E-state index contributed by atoms with van der Waals surface area (Å²) in [7, 11) is 0. The molecule has 1 fully saturated rings. The minimum atomic E-state index is -0.219. The molecule has 0 spiro atoms. The molecular weight excluding hydrogens is 299 g/mol. The molecule has 1 aromatic heterocycles. The normalized spacial score (nSPS) is 19.0. The number of carbonyl (C=O) groups is 1. The Kier molecular flexibility index (Phi) is 4.52. The molecule has 1 atom stereocenters. The fraction of sp³-hybridized carbons (Fsp3) is 0.412. The molecule has 2 aromatic rings. The van der Waals surface area contributed by atoms with Crippen LogP contribution in [0.15, 0.2) is 29.6 Å². The van der Waals surface area contributed by atoms with E-state index in [0.717, 1.165) is 36.4 Å². The molecule has 0 bridgehead atoms. The Morgan fingerprint density at radius 2 is 2.09 bits per heavy atom. The van der Waals surface area contributed by atoms with Gasteiger partial charge in [0, 0.05) is 24.4 Å². The highest BCUT2D eigenvalue weighted by Crippen LogP contribution is 2.27. The number of rotatable bonds is 2. The summed E-state index contributed by atoms with van der Waals surface area (Å²) < 4.78 is 13.1. The third-order valence-electron chi connectivity index (χ3n) is 4.14. The molecule has 3 nitrogen and oxygen atoms in total. The lowest BCUT2D eigenvalue weighted by atomic mass is 9.94. The molecule has 0 N–H and O–H groups in total. The molecule has 1 aliphatic heterocycles. The molecule has 2 heterocycles. The maximum atomic E-state index is 13.1. The second-order valence-electron chi connectivity index (χ2n) is 5.75. The van der Waals surface area contributed by atoms with Gasteiger partial charge in [-0.1, -0.05) is 18.6 Å². The number of amides is 1. The molecule has 3 rings (SSSR count). The summed E-state index contributed by atoms with van der Waals surface area (Å²) in [5.74, 6) is 0.0633. The largest absolute Gasteiger partial charge is 0.337 e. The summed E-state index contributed by atoms with van der Waals surface area (Å²) in [4.78, 5) is 18.8. The number of hydrogen-bond acceptors (Lipinski definition) is 3. The van der Waals surface area contributed by atoms with E-state index < -0.39 is 0 Å². The van der Waals surface area contributed by atoms with Gasteiger partial charge in [0.25, 0.3) is 5.91 Å². The van der Waals surface area contributed by atoms with Gasteiger partial charge in [0.15, 0.2) is 0 Å². The number of aromatic nitrogens is 1. The number of hydrogen-bond donors (Lipinski definition) is 0. The lowest BCUT2D eigenvalue weighted by molar-refractivity contribution is 0.0749. The van der Waals surface area contributed by atoms with E-state index in [0.29, 0.717) is 12.2 Å². The maximum Gasteiger partial charge on any atom is 0.273 e. The average Bonchev–Trinajstić information content (AvgIpc) is 2.81. The Morgan fingerprint density at radius 1 is 1.32 bits per heavy atom. The highest BCUT2D eigenvalue weighted by molar-refractivity contribution is 7.09. The molecule has 1 aromatic carbocycles. The first-order valence-electron chi connectivity index (χ1n) is 7.60. The smallest absolute Gasteiger partial charge is 0.273 e. The minimum Gasteiger partial charge on any atom is -0.337 e. The minimum absolute atomic E-state index is 0.0124. The van der Waals surface area contributed by atoms with Gasteiger partial charge in [0.1, 0.15) is 11.5 Å². The zero-order chi connectivity index (χ0) is 15.5. The van der Waals surface area contributed by atoms with Crippen LogP contribution in [-0.2, 0) is 0 Å². The predicted molar refractivity (Wildman–Crippen MR) is 85.7 cm³/mol. The molecule has 0 radical (unpaired) electrons. The third-order valence-corrected chi connectivity index (χ3v) is 4.91. The van der Waals surface area contributed by atoms with Crippen LogP contribution in [0.5, 0.6) is 0 Å². The van der Waals surface area contributed by atoms with Gasteiger partial charge in [-0.2, -0.15) is 0 Å². The maximum absolute atomic E-state index is 13.1. The number of likely N-dealkylation sites (tertiary alicyclic amines) is 1. The van der Waals surface area contributed by atoms with Crippen LogP contribution in [0.2, 0.25) is 0 Å². The Bertz CT molecular complexity index is 653. The summed E-state index contributed by atoms with van der Waals surface area (Å²) in [6.45, 7) is 3.36. The number of thiazole rings is 1. The van der Waals surface area contributed by atoms with E-state index in [9.17, 15) is 9.18 Å². The SMILES string of the molecule is Cc1nc(C(=O)N2CCCCC(c3ccc(F)cc3)C2)cs1. The van der Waals surface area contributed by atoms with E-state index in [1.54, 1.807) is 0 Å². The monoisotopic (exact) mass is 318 g/mol. The predicted octanol–water partition coefficient (Wildman–Crippen LogP) is 4.00. The standard InChI is InChI=1S/C17H19FN2OS/c1-12-19-16(11-22-12)17(21)20-9-3-2-4-14(10-20)13-5-7-15(18)8-6-13/h5-8,11,14H,2-4,9-10H2,1H3. The van der Waals surface area contributed by atoms with Crippen molar-refractivity contribution in [1.82, 2.24) is 9.88 Å². The van der Waals surface area contributed by atoms with E-state index >= 15 is 0 Å². The van der Waals surface area contributed by atoms with Crippen molar-refractivity contribution in [3.8, 4) is 0 Å². The van der Waals surface area contributed by atoms with Gasteiger partial charge in [-0.25, -0.2) is 9.37 Å². The molecule has 22 heavy (non-hydrogen) atoms. The van der Waals surface area contributed by atoms with Crippen molar-refractivity contribution in [2.24, 2.45) is 0 Å². The van der Waals surface area contributed by atoms with E-state index in [2.05, 4.69) is 4.98 Å². The molecule has 116 valence electrons. The fourth-order valence-electron chi connectivity index (χ4n) is 2.96. The highest BCUT2D eigenvalue weighted by Gasteiger charge is 2.25. The summed E-state index contributed by atoms with van der Waals surface area (Å²) >= 11 is 1.50. The van der Waals surface area contributed by atoms with E-state index in [1.165, 1.54) is 23.5 Å². The number of aryl methyl sites for hydroxylation is 1. The van der Waals surface area contributed by atoms with Gasteiger partial charge >= 0.3 is 0 Å². The van der Waals surface area contributed by atoms with Crippen molar-refractivity contribution in [3.05, 3.63) is 51.7 Å². The van der Waals surface area contributed by atoms with Crippen molar-refractivity contribution in [2.75, 3.05) is 13.1 Å². The van der Waals surface area contributed by atoms with Crippen LogP contribution >= 0.6 is 11.3 Å². The Hall–Kier alpha value is -1.75. The first kappa shape index (κ1) is 15.2. The van der Waals surface area contributed by atoms with Crippen LogP contribution in [0.25, 0.3) is 0 Å². The van der Waals surface area contributed by atoms with Crippen molar-refractivity contribution in [2.45, 2.75) is 32.1 Å². The van der Waals surface area contributed by atoms with Crippen LogP contribution < -0.4 is 0 Å². The van der Waals surface area contributed by atoms with Crippen molar-refractivity contribution in [1.29, 1.82) is 0 Å². The summed E-state index contributed by atoms with van der Waals surface area (Å²) in [6.07, 6.45) is 3.12. The van der Waals surface area contributed by atoms with Crippen LogP contribution in [0.3, 0.4) is 0 Å². The Labute approximate surface area is 133 Å². The van der Waals surface area contributed by atoms with Gasteiger partial charge in [-0.05, 0) is 37.5 Å². The zero-order valence-electron chi connectivity index (χ0n) is 12.6. The quantitative estimate of drug-likeness (QED) is 0.838. The molecule has 1 unspecified atom stereocenters. The topological polar surface area (TPSA) is 33.2 Å². The molecule has 1 amide bonds. The zero-order valence-corrected chi connectivity index (χ0v) is 13.4. The molecule has 5 heteroatoms. The summed E-state index contributed by atoms with van der Waals surface area (Å²) in [5.41, 5.74) is 1.65. The van der Waals surface area contributed by atoms with Crippen molar-refractivity contribution >= 4 is 17.2 Å². The third kappa shape index (κ3) is 3.35. The van der Waals surface area contributed by atoms with E-state index in [-0.39, 0.29) is 17.6 Å². The highest BCUT2D eigenvalue weighted by atomic mass is 32.1. The second kappa shape index (κ2) is 6.57. The molecule has 1 aliphatic rings. The summed E-state index contributed by atoms with van der Waals surface area (Å²) in [6, 6.07) is 6.66. The van der Waals surface area contributed by atoms with Crippen LogP contribution in [0, 0.1) is 12.7 Å². The molecular formula is C17H19FN2OS. The van der Waals surface area contributed by atoms with Gasteiger partial charge in [0.05, 0.1) is 5.01 Å². The lowest BCUT2D eigenvalue weighted by Gasteiger charge is -2.24. The number of carbonyl (C=O) groups excluding carboxylic acids is 1. The molecule has 0 aliphatic carbocycles. The number of benzene rings is 1. The van der Waals surface area contributed by atoms with Crippen LogP contribution in [-0.4, -0.2) is 28.9 Å². The first-order chi connectivity index (χ1) is 10.6. The first-order valence-corrected chi connectivity index (χ1v) is 8.48. The fourth-order valence-corrected chi connectivity index (χ4v) is 3.54. The second-order valence-corrected chi connectivity index (χ2v) is 6.81. The van der Waals surface area contributed by atoms with E-state index in [1.807, 2.05) is 29.3 Å². The van der Waals surface area contributed by atoms with Gasteiger partial charge < -0.3 is 4.90 Å². The van der Waals surface area contributed by atoms with Crippen molar-refractivity contribution in [3.63, 3.8) is 0 Å². The Balaban J connectivity index is 1.77. The van der Waals surface area contributed by atoms with Gasteiger partial charge in [-0.15, -0.1) is 11.3 Å². The van der Waals surface area contributed by atoms with Gasteiger partial charge in [-0.3, -0.25) is 4.79 Å². The van der Waals surface area contributed by atoms with Gasteiger partial charge in [0.2, 0.25) is 0 Å². The average molecular weight is 318 g/mol. The molecule has 1 saturated heterocycles. The Morgan fingerprint density at radius 3 is 2.77 bits per heavy atom. The lowest BCUT2D eigenvalue weighted by Crippen LogP contribution is -2.34. The van der Waals surface area contributed by atoms with Crippen LogP contribution in [0.4, 0.5) is 4.39 Å². The number of nitrogens with zero attached hydrogens (tertiary/aromatic N) is 2. The van der Waals surface area contributed by atoms with E-state index in [4.69, 9.17) is 0 Å². The number of halogens is 1. The summed E-state index contributed by atoms with van der Waals surface area (Å²) in [5, 5.41) is 2.74.